The van der Waals surface area contributed by atoms with Gasteiger partial charge in [0.1, 0.15) is 5.82 Å². The minimum atomic E-state index is -0.166. The highest BCUT2D eigenvalue weighted by Crippen LogP contribution is 2.20. The van der Waals surface area contributed by atoms with Gasteiger partial charge < -0.3 is 15.0 Å². The van der Waals surface area contributed by atoms with E-state index in [-0.39, 0.29) is 11.7 Å². The Morgan fingerprint density at radius 3 is 2.42 bits per heavy atom. The maximum atomic E-state index is 13.9. The Morgan fingerprint density at radius 1 is 1.00 bits per heavy atom. The van der Waals surface area contributed by atoms with Crippen molar-refractivity contribution in [2.24, 2.45) is 0 Å². The van der Waals surface area contributed by atoms with Crippen molar-refractivity contribution in [2.45, 2.75) is 6.42 Å². The highest BCUT2D eigenvalue weighted by molar-refractivity contribution is 5.76. The number of piperazine rings is 1. The number of halogens is 1. The zero-order chi connectivity index (χ0) is 18.2. The number of hydrogen-bond acceptors (Lipinski definition) is 5. The van der Waals surface area contributed by atoms with Gasteiger partial charge in [-0.15, -0.1) is 0 Å². The molecule has 0 unspecified atom stereocenters. The lowest BCUT2D eigenvalue weighted by molar-refractivity contribution is -0.121. The van der Waals surface area contributed by atoms with Gasteiger partial charge in [-0.1, -0.05) is 12.1 Å². The fourth-order valence-electron chi connectivity index (χ4n) is 3.45. The Kier molecular flexibility index (Phi) is 7.22. The normalized spacial score (nSPS) is 19.5. The van der Waals surface area contributed by atoms with Gasteiger partial charge in [0.05, 0.1) is 18.9 Å². The second kappa shape index (κ2) is 9.85. The maximum Gasteiger partial charge on any atom is 0.221 e. The van der Waals surface area contributed by atoms with Gasteiger partial charge in [-0.25, -0.2) is 4.39 Å². The molecule has 2 aliphatic rings. The number of anilines is 1. The predicted octanol–water partition coefficient (Wildman–Crippen LogP) is 0.786. The van der Waals surface area contributed by atoms with E-state index >= 15 is 0 Å². The third-order valence-corrected chi connectivity index (χ3v) is 5.07. The molecule has 2 heterocycles. The summed E-state index contributed by atoms with van der Waals surface area (Å²) >= 11 is 0. The van der Waals surface area contributed by atoms with Crippen LogP contribution >= 0.6 is 0 Å². The molecule has 2 fully saturated rings. The Morgan fingerprint density at radius 2 is 1.69 bits per heavy atom. The second-order valence-electron chi connectivity index (χ2n) is 6.83. The Bertz CT molecular complexity index is 572. The number of benzene rings is 1. The van der Waals surface area contributed by atoms with E-state index in [0.717, 1.165) is 65.6 Å². The first-order chi connectivity index (χ1) is 12.7. The SMILES string of the molecule is O=C(CCN1CCN(c2ccccc2F)CC1)NCCN1CCOCC1. The van der Waals surface area contributed by atoms with Crippen molar-refractivity contribution in [3.8, 4) is 0 Å². The summed E-state index contributed by atoms with van der Waals surface area (Å²) in [4.78, 5) is 18.7. The molecule has 0 bridgehead atoms. The van der Waals surface area contributed by atoms with Crippen LogP contribution in [0.4, 0.5) is 10.1 Å². The molecule has 7 heteroatoms. The van der Waals surface area contributed by atoms with E-state index in [1.807, 2.05) is 12.1 Å². The largest absolute Gasteiger partial charge is 0.379 e. The molecule has 1 aromatic rings. The van der Waals surface area contributed by atoms with Crippen LogP contribution in [0.3, 0.4) is 0 Å². The lowest BCUT2D eigenvalue weighted by Gasteiger charge is -2.36. The fraction of sp³-hybridized carbons (Fsp3) is 0.632. The predicted molar refractivity (Wildman–Crippen MR) is 99.9 cm³/mol. The van der Waals surface area contributed by atoms with Crippen LogP contribution in [0.5, 0.6) is 0 Å². The van der Waals surface area contributed by atoms with E-state index in [2.05, 4.69) is 20.0 Å². The summed E-state index contributed by atoms with van der Waals surface area (Å²) in [6, 6.07) is 6.91. The summed E-state index contributed by atoms with van der Waals surface area (Å²) in [6.07, 6.45) is 0.517. The maximum absolute atomic E-state index is 13.9. The van der Waals surface area contributed by atoms with E-state index in [0.29, 0.717) is 18.7 Å². The Balaban J connectivity index is 1.29. The molecule has 0 aromatic heterocycles. The minimum Gasteiger partial charge on any atom is -0.379 e. The summed E-state index contributed by atoms with van der Waals surface area (Å²) in [5.41, 5.74) is 0.674. The summed E-state index contributed by atoms with van der Waals surface area (Å²) in [6.45, 7) is 9.10. The van der Waals surface area contributed by atoms with E-state index in [1.54, 1.807) is 6.07 Å². The summed E-state index contributed by atoms with van der Waals surface area (Å²) in [5.74, 6) is -0.0598. The Labute approximate surface area is 154 Å². The molecule has 0 radical (unpaired) electrons. The average Bonchev–Trinajstić information content (AvgIpc) is 2.68. The van der Waals surface area contributed by atoms with E-state index in [1.165, 1.54) is 6.07 Å². The van der Waals surface area contributed by atoms with Crippen molar-refractivity contribution in [1.29, 1.82) is 0 Å². The molecule has 1 amide bonds. The van der Waals surface area contributed by atoms with E-state index < -0.39 is 0 Å². The molecule has 2 aliphatic heterocycles. The van der Waals surface area contributed by atoms with E-state index in [4.69, 9.17) is 4.74 Å². The lowest BCUT2D eigenvalue weighted by atomic mass is 10.2. The monoisotopic (exact) mass is 364 g/mol. The molecule has 26 heavy (non-hydrogen) atoms. The topological polar surface area (TPSA) is 48.1 Å². The first-order valence-corrected chi connectivity index (χ1v) is 9.51. The first kappa shape index (κ1) is 19.1. The van der Waals surface area contributed by atoms with Crippen LogP contribution in [-0.4, -0.2) is 87.8 Å². The van der Waals surface area contributed by atoms with Gasteiger partial charge in [0, 0.05) is 65.3 Å². The van der Waals surface area contributed by atoms with Crippen LogP contribution in [0.25, 0.3) is 0 Å². The van der Waals surface area contributed by atoms with Gasteiger partial charge in [-0.3, -0.25) is 14.6 Å². The smallest absolute Gasteiger partial charge is 0.221 e. The summed E-state index contributed by atoms with van der Waals surface area (Å²) in [7, 11) is 0. The van der Waals surface area contributed by atoms with Crippen LogP contribution in [-0.2, 0) is 9.53 Å². The van der Waals surface area contributed by atoms with Crippen molar-refractivity contribution in [1.82, 2.24) is 15.1 Å². The molecule has 0 atom stereocenters. The van der Waals surface area contributed by atoms with Crippen LogP contribution in [0.15, 0.2) is 24.3 Å². The number of carbonyl (C=O) groups is 1. The molecule has 1 N–H and O–H groups in total. The molecule has 144 valence electrons. The molecule has 1 aromatic carbocycles. The summed E-state index contributed by atoms with van der Waals surface area (Å²) < 4.78 is 19.2. The minimum absolute atomic E-state index is 0.106. The quantitative estimate of drug-likeness (QED) is 0.775. The van der Waals surface area contributed by atoms with Crippen molar-refractivity contribution in [3.05, 3.63) is 30.1 Å². The molecule has 0 saturated carbocycles. The molecular formula is C19H29FN4O2. The van der Waals surface area contributed by atoms with E-state index in [9.17, 15) is 9.18 Å². The number of carbonyl (C=O) groups excluding carboxylic acids is 1. The van der Waals surface area contributed by atoms with Gasteiger partial charge in [-0.05, 0) is 12.1 Å². The van der Waals surface area contributed by atoms with Gasteiger partial charge in [0.2, 0.25) is 5.91 Å². The number of amides is 1. The van der Waals surface area contributed by atoms with Crippen molar-refractivity contribution in [2.75, 3.05) is 77.0 Å². The van der Waals surface area contributed by atoms with Gasteiger partial charge >= 0.3 is 0 Å². The van der Waals surface area contributed by atoms with Gasteiger partial charge in [-0.2, -0.15) is 0 Å². The molecular weight excluding hydrogens is 335 g/mol. The molecule has 0 spiro atoms. The zero-order valence-corrected chi connectivity index (χ0v) is 15.3. The molecule has 0 aliphatic carbocycles. The number of nitrogens with zero attached hydrogens (tertiary/aromatic N) is 3. The number of nitrogens with one attached hydrogen (secondary N) is 1. The van der Waals surface area contributed by atoms with Crippen LogP contribution in [0, 0.1) is 5.82 Å². The third-order valence-electron chi connectivity index (χ3n) is 5.07. The fourth-order valence-corrected chi connectivity index (χ4v) is 3.45. The highest BCUT2D eigenvalue weighted by Gasteiger charge is 2.19. The van der Waals surface area contributed by atoms with Crippen molar-refractivity contribution < 1.29 is 13.9 Å². The Hall–Kier alpha value is -1.70. The van der Waals surface area contributed by atoms with Gasteiger partial charge in [0.25, 0.3) is 0 Å². The zero-order valence-electron chi connectivity index (χ0n) is 15.3. The second-order valence-corrected chi connectivity index (χ2v) is 6.83. The standard InChI is InChI=1S/C19H29FN4O2/c20-17-3-1-2-4-18(17)24-11-9-22(10-12-24)7-5-19(25)21-6-8-23-13-15-26-16-14-23/h1-4H,5-16H2,(H,21,25). The number of rotatable bonds is 7. The summed E-state index contributed by atoms with van der Waals surface area (Å²) in [5, 5.41) is 3.00. The van der Waals surface area contributed by atoms with Crippen LogP contribution < -0.4 is 10.2 Å². The number of para-hydroxylation sites is 1. The highest BCUT2D eigenvalue weighted by atomic mass is 19.1. The first-order valence-electron chi connectivity index (χ1n) is 9.51. The van der Waals surface area contributed by atoms with Crippen molar-refractivity contribution >= 4 is 11.6 Å². The molecule has 3 rings (SSSR count). The number of morpholine rings is 1. The average molecular weight is 364 g/mol. The van der Waals surface area contributed by atoms with Gasteiger partial charge in [0.15, 0.2) is 0 Å². The van der Waals surface area contributed by atoms with Crippen LogP contribution in [0.1, 0.15) is 6.42 Å². The van der Waals surface area contributed by atoms with Crippen molar-refractivity contribution in [3.63, 3.8) is 0 Å². The number of hydrogen-bond donors (Lipinski definition) is 1. The third kappa shape index (κ3) is 5.65. The lowest BCUT2D eigenvalue weighted by Crippen LogP contribution is -2.47. The van der Waals surface area contributed by atoms with Crippen LogP contribution in [0.2, 0.25) is 0 Å². The molecule has 2 saturated heterocycles. The number of ether oxygens (including phenoxy) is 1. The molecule has 6 nitrogen and oxygen atoms in total.